The number of nitrogens with zero attached hydrogens (tertiary/aromatic N) is 2. The molecule has 3 heterocycles. The Labute approximate surface area is 180 Å². The Kier molecular flexibility index (Phi) is 7.49. The molecule has 2 amide bonds. The second kappa shape index (κ2) is 10.1. The average Bonchev–Trinajstić information content (AvgIpc) is 3.46. The third-order valence-corrected chi connectivity index (χ3v) is 6.83. The van der Waals surface area contributed by atoms with E-state index in [-0.39, 0.29) is 29.4 Å². The van der Waals surface area contributed by atoms with Crippen molar-refractivity contribution in [1.82, 2.24) is 25.0 Å². The van der Waals surface area contributed by atoms with E-state index < -0.39 is 21.8 Å². The van der Waals surface area contributed by atoms with Crippen molar-refractivity contribution >= 4 is 21.8 Å². The number of rotatable bonds is 8. The molecule has 0 saturated carbocycles. The fourth-order valence-electron chi connectivity index (χ4n) is 3.09. The average molecular weight is 454 g/mol. The van der Waals surface area contributed by atoms with Crippen molar-refractivity contribution < 1.29 is 27.2 Å². The minimum atomic E-state index is -3.73. The molecule has 1 aliphatic rings. The predicted molar refractivity (Wildman–Crippen MR) is 111 cm³/mol. The van der Waals surface area contributed by atoms with Crippen molar-refractivity contribution in [2.75, 3.05) is 39.4 Å². The van der Waals surface area contributed by atoms with E-state index in [0.717, 1.165) is 13.1 Å². The van der Waals surface area contributed by atoms with Gasteiger partial charge in [-0.15, -0.1) is 0 Å². The third kappa shape index (κ3) is 5.53. The van der Waals surface area contributed by atoms with E-state index in [1.54, 1.807) is 6.07 Å². The number of amides is 2. The number of sulfonamides is 1. The Hall–Kier alpha value is -2.67. The highest BCUT2D eigenvalue weighted by atomic mass is 32.2. The van der Waals surface area contributed by atoms with E-state index in [1.165, 1.54) is 22.6 Å². The largest absolute Gasteiger partial charge is 0.454 e. The maximum absolute atomic E-state index is 12.6. The Morgan fingerprint density at radius 2 is 1.81 bits per heavy atom. The highest BCUT2D eigenvalue weighted by molar-refractivity contribution is 7.89. The summed E-state index contributed by atoms with van der Waals surface area (Å²) in [4.78, 5) is 29.3. The monoisotopic (exact) mass is 453 g/mol. The molecule has 1 aliphatic heterocycles. The minimum Gasteiger partial charge on any atom is -0.454 e. The molecule has 0 radical (unpaired) electrons. The molecule has 2 aromatic rings. The highest BCUT2D eigenvalue weighted by Crippen LogP contribution is 2.18. The van der Waals surface area contributed by atoms with Gasteiger partial charge < -0.3 is 14.1 Å². The number of hydrogen-bond donors (Lipinski definition) is 3. The number of furan rings is 1. The summed E-state index contributed by atoms with van der Waals surface area (Å²) in [5, 5.41) is 0. The van der Waals surface area contributed by atoms with Crippen LogP contribution in [0.2, 0.25) is 0 Å². The molecule has 0 unspecified atom stereocenters. The van der Waals surface area contributed by atoms with Crippen LogP contribution in [-0.2, 0) is 21.3 Å². The van der Waals surface area contributed by atoms with Gasteiger partial charge in [-0.05, 0) is 31.3 Å². The van der Waals surface area contributed by atoms with Gasteiger partial charge in [-0.1, -0.05) is 13.8 Å². The summed E-state index contributed by atoms with van der Waals surface area (Å²) in [6.07, 6.45) is 1.24. The SMILES string of the molecule is CCN(CC)Cc1ccc(C(=O)NNC(=O)c2cc(S(=O)(=O)N3CCOCC3)c[nH]2)o1. The molecule has 0 atom stereocenters. The lowest BCUT2D eigenvalue weighted by molar-refractivity contribution is 0.0730. The number of carbonyl (C=O) groups excluding carboxylic acids is 2. The van der Waals surface area contributed by atoms with E-state index in [1.807, 2.05) is 13.8 Å². The van der Waals surface area contributed by atoms with Crippen LogP contribution >= 0.6 is 0 Å². The molecule has 1 fully saturated rings. The first-order valence-electron chi connectivity index (χ1n) is 10.0. The first-order valence-corrected chi connectivity index (χ1v) is 11.5. The first kappa shape index (κ1) is 23.0. The lowest BCUT2D eigenvalue weighted by Gasteiger charge is -2.25. The molecule has 1 saturated heterocycles. The quantitative estimate of drug-likeness (QED) is 0.496. The van der Waals surface area contributed by atoms with Crippen LogP contribution in [0.3, 0.4) is 0 Å². The lowest BCUT2D eigenvalue weighted by atomic mass is 10.4. The summed E-state index contributed by atoms with van der Waals surface area (Å²) in [6.45, 7) is 7.52. The second-order valence-corrected chi connectivity index (χ2v) is 8.84. The maximum atomic E-state index is 12.6. The van der Waals surface area contributed by atoms with Crippen molar-refractivity contribution in [2.24, 2.45) is 0 Å². The molecule has 0 spiro atoms. The highest BCUT2D eigenvalue weighted by Gasteiger charge is 2.28. The number of hydrogen-bond acceptors (Lipinski definition) is 7. The Morgan fingerprint density at radius 1 is 1.13 bits per heavy atom. The zero-order valence-electron chi connectivity index (χ0n) is 17.5. The normalized spacial score (nSPS) is 15.2. The van der Waals surface area contributed by atoms with Crippen LogP contribution in [0.1, 0.15) is 40.7 Å². The van der Waals surface area contributed by atoms with Gasteiger partial charge in [-0.2, -0.15) is 4.31 Å². The van der Waals surface area contributed by atoms with Crippen LogP contribution in [0.15, 0.2) is 33.7 Å². The van der Waals surface area contributed by atoms with Crippen molar-refractivity contribution in [2.45, 2.75) is 25.3 Å². The van der Waals surface area contributed by atoms with E-state index in [2.05, 4.69) is 20.7 Å². The molecule has 170 valence electrons. The molecule has 3 N–H and O–H groups in total. The fourth-order valence-corrected chi connectivity index (χ4v) is 4.49. The van der Waals surface area contributed by atoms with Gasteiger partial charge in [0.15, 0.2) is 5.76 Å². The van der Waals surface area contributed by atoms with Crippen molar-refractivity contribution in [3.8, 4) is 0 Å². The molecule has 31 heavy (non-hydrogen) atoms. The van der Waals surface area contributed by atoms with Gasteiger partial charge in [0.25, 0.3) is 5.91 Å². The van der Waals surface area contributed by atoms with Crippen LogP contribution in [0.25, 0.3) is 0 Å². The summed E-state index contributed by atoms with van der Waals surface area (Å²) in [5.41, 5.74) is 4.50. The molecule has 0 bridgehead atoms. The van der Waals surface area contributed by atoms with Gasteiger partial charge >= 0.3 is 5.91 Å². The van der Waals surface area contributed by atoms with Crippen molar-refractivity contribution in [3.05, 3.63) is 41.6 Å². The molecule has 2 aromatic heterocycles. The topological polar surface area (TPSA) is 137 Å². The molecule has 0 aromatic carbocycles. The standard InChI is InChI=1S/C19H27N5O6S/c1-3-23(4-2)13-14-5-6-17(30-14)19(26)22-21-18(25)16-11-15(12-20-16)31(27,28)24-7-9-29-10-8-24/h5-6,11-12,20H,3-4,7-10,13H2,1-2H3,(H,21,25)(H,22,26). The van der Waals surface area contributed by atoms with E-state index in [0.29, 0.717) is 25.5 Å². The zero-order chi connectivity index (χ0) is 22.4. The number of aromatic amines is 1. The summed E-state index contributed by atoms with van der Waals surface area (Å²) >= 11 is 0. The van der Waals surface area contributed by atoms with E-state index in [4.69, 9.17) is 9.15 Å². The van der Waals surface area contributed by atoms with Crippen LogP contribution in [0.4, 0.5) is 0 Å². The van der Waals surface area contributed by atoms with Gasteiger partial charge in [0.1, 0.15) is 16.3 Å². The summed E-state index contributed by atoms with van der Waals surface area (Å²) in [7, 11) is -3.73. The van der Waals surface area contributed by atoms with Crippen molar-refractivity contribution in [3.63, 3.8) is 0 Å². The van der Waals surface area contributed by atoms with Crippen LogP contribution in [0, 0.1) is 0 Å². The first-order chi connectivity index (χ1) is 14.8. The van der Waals surface area contributed by atoms with Gasteiger partial charge in [0.2, 0.25) is 10.0 Å². The number of H-pyrrole nitrogens is 1. The van der Waals surface area contributed by atoms with E-state index >= 15 is 0 Å². The zero-order valence-corrected chi connectivity index (χ0v) is 18.3. The van der Waals surface area contributed by atoms with Gasteiger partial charge in [-0.3, -0.25) is 25.3 Å². The number of nitrogens with one attached hydrogen (secondary N) is 3. The van der Waals surface area contributed by atoms with Gasteiger partial charge in [-0.25, -0.2) is 8.42 Å². The number of morpholine rings is 1. The van der Waals surface area contributed by atoms with E-state index in [9.17, 15) is 18.0 Å². The number of aromatic nitrogens is 1. The van der Waals surface area contributed by atoms with Crippen LogP contribution < -0.4 is 10.9 Å². The summed E-state index contributed by atoms with van der Waals surface area (Å²) < 4.78 is 37.3. The van der Waals surface area contributed by atoms with Crippen LogP contribution in [0.5, 0.6) is 0 Å². The predicted octanol–water partition coefficient (Wildman–Crippen LogP) is 0.545. The molecule has 0 aliphatic carbocycles. The third-order valence-electron chi connectivity index (χ3n) is 4.96. The minimum absolute atomic E-state index is 0.00574. The smallest absolute Gasteiger partial charge is 0.305 e. The maximum Gasteiger partial charge on any atom is 0.305 e. The molecule has 12 heteroatoms. The fraction of sp³-hybridized carbons (Fsp3) is 0.474. The Bertz CT molecular complexity index is 1000. The molecular weight excluding hydrogens is 426 g/mol. The molecule has 11 nitrogen and oxygen atoms in total. The van der Waals surface area contributed by atoms with Gasteiger partial charge in [0, 0.05) is 19.3 Å². The molecular formula is C19H27N5O6S. The lowest BCUT2D eigenvalue weighted by Crippen LogP contribution is -2.41. The number of carbonyl (C=O) groups is 2. The second-order valence-electron chi connectivity index (χ2n) is 6.90. The van der Waals surface area contributed by atoms with Crippen molar-refractivity contribution in [1.29, 1.82) is 0 Å². The number of hydrazine groups is 1. The van der Waals surface area contributed by atoms with Gasteiger partial charge in [0.05, 0.1) is 19.8 Å². The summed E-state index contributed by atoms with van der Waals surface area (Å²) in [6, 6.07) is 4.46. The Morgan fingerprint density at radius 3 is 2.48 bits per heavy atom. The number of ether oxygens (including phenoxy) is 1. The Balaban J connectivity index is 1.56. The molecule has 3 rings (SSSR count). The van der Waals surface area contributed by atoms with Crippen LogP contribution in [-0.4, -0.2) is 73.8 Å². The summed E-state index contributed by atoms with van der Waals surface area (Å²) in [5.74, 6) is -0.606.